The number of fused-ring (bicyclic) bond motifs is 1. The molecule has 1 fully saturated rings. The van der Waals surface area contributed by atoms with Crippen molar-refractivity contribution in [3.8, 4) is 0 Å². The fourth-order valence-electron chi connectivity index (χ4n) is 5.24. The molecule has 178 valence electrons. The van der Waals surface area contributed by atoms with Crippen LogP contribution in [0.3, 0.4) is 0 Å². The van der Waals surface area contributed by atoms with E-state index in [1.165, 1.54) is 37.3 Å². The molecule has 34 heavy (non-hydrogen) atoms. The molecule has 0 radical (unpaired) electrons. The van der Waals surface area contributed by atoms with E-state index in [1.807, 2.05) is 24.3 Å². The van der Waals surface area contributed by atoms with E-state index in [0.717, 1.165) is 61.4 Å². The zero-order valence-electron chi connectivity index (χ0n) is 19.7. The number of hydrogen-bond donors (Lipinski definition) is 1. The van der Waals surface area contributed by atoms with Crippen molar-refractivity contribution in [2.45, 2.75) is 51.5 Å². The molecule has 3 aromatic rings. The number of benzene rings is 2. The highest BCUT2D eigenvalue weighted by molar-refractivity contribution is 5.80. The van der Waals surface area contributed by atoms with Crippen LogP contribution in [0.1, 0.15) is 50.5 Å². The van der Waals surface area contributed by atoms with Gasteiger partial charge in [0.2, 0.25) is 11.9 Å². The third-order valence-electron chi connectivity index (χ3n) is 7.14. The lowest BCUT2D eigenvalue weighted by atomic mass is 9.95. The fraction of sp³-hybridized carbons (Fsp3) is 0.429. The van der Waals surface area contributed by atoms with Crippen LogP contribution in [0, 0.1) is 11.7 Å². The maximum Gasteiger partial charge on any atom is 0.223 e. The summed E-state index contributed by atoms with van der Waals surface area (Å²) in [5.41, 5.74) is 4.38. The number of hydrogen-bond acceptors (Lipinski definition) is 3. The summed E-state index contributed by atoms with van der Waals surface area (Å²) < 4.78 is 16.0. The van der Waals surface area contributed by atoms with Gasteiger partial charge < -0.3 is 14.8 Å². The average molecular weight is 461 g/mol. The fourth-order valence-corrected chi connectivity index (χ4v) is 5.24. The van der Waals surface area contributed by atoms with Crippen LogP contribution in [0.4, 0.5) is 10.3 Å². The number of halogens is 1. The monoisotopic (exact) mass is 460 g/mol. The van der Waals surface area contributed by atoms with Gasteiger partial charge in [0.15, 0.2) is 0 Å². The number of allylic oxidation sites excluding steroid dienone is 1. The molecule has 0 spiro atoms. The summed E-state index contributed by atoms with van der Waals surface area (Å²) >= 11 is 0. The number of nitrogens with one attached hydrogen (secondary N) is 1. The lowest BCUT2D eigenvalue weighted by Gasteiger charge is -2.32. The second kappa shape index (κ2) is 10.4. The molecule has 2 heterocycles. The number of amides is 1. The zero-order chi connectivity index (χ0) is 23.3. The molecule has 2 aliphatic rings. The van der Waals surface area contributed by atoms with Gasteiger partial charge in [-0.15, -0.1) is 0 Å². The highest BCUT2D eigenvalue weighted by Gasteiger charge is 2.27. The van der Waals surface area contributed by atoms with Gasteiger partial charge in [0.05, 0.1) is 17.6 Å². The second-order valence-corrected chi connectivity index (χ2v) is 9.53. The Balaban J connectivity index is 1.23. The van der Waals surface area contributed by atoms with Crippen LogP contribution in [0.15, 0.2) is 60.2 Å². The number of para-hydroxylation sites is 2. The summed E-state index contributed by atoms with van der Waals surface area (Å²) in [4.78, 5) is 19.9. The third kappa shape index (κ3) is 5.16. The second-order valence-electron chi connectivity index (χ2n) is 9.53. The number of piperidine rings is 1. The summed E-state index contributed by atoms with van der Waals surface area (Å²) in [5, 5.41) is 3.17. The normalized spacial score (nSPS) is 17.1. The van der Waals surface area contributed by atoms with Crippen LogP contribution < -0.4 is 10.2 Å². The summed E-state index contributed by atoms with van der Waals surface area (Å²) in [5.74, 6) is 0.908. The molecule has 0 saturated carbocycles. The average Bonchev–Trinajstić information content (AvgIpc) is 3.23. The molecule has 1 saturated heterocycles. The maximum atomic E-state index is 13.8. The van der Waals surface area contributed by atoms with Crippen LogP contribution in [-0.4, -0.2) is 35.1 Å². The van der Waals surface area contributed by atoms with Crippen molar-refractivity contribution in [2.24, 2.45) is 5.92 Å². The number of anilines is 1. The van der Waals surface area contributed by atoms with Crippen LogP contribution >= 0.6 is 0 Å². The van der Waals surface area contributed by atoms with Crippen LogP contribution in [0.25, 0.3) is 11.0 Å². The van der Waals surface area contributed by atoms with E-state index in [4.69, 9.17) is 4.98 Å². The standard InChI is InChI=1S/C28H33FN4O/c29-24-10-6-9-22(19-24)20-33-26-12-5-4-11-25(26)31-28(33)32-17-14-23(15-18-32)27(34)30-16-13-21-7-2-1-3-8-21/h4-7,9-12,19,23H,1-3,8,13-18,20H2,(H,30,34). The Hall–Kier alpha value is -3.15. The van der Waals surface area contributed by atoms with E-state index >= 15 is 0 Å². The Labute approximate surface area is 200 Å². The number of aromatic nitrogens is 2. The quantitative estimate of drug-likeness (QED) is 0.477. The third-order valence-corrected chi connectivity index (χ3v) is 7.14. The van der Waals surface area contributed by atoms with Crippen molar-refractivity contribution in [1.29, 1.82) is 0 Å². The number of nitrogens with zero attached hydrogens (tertiary/aromatic N) is 3. The molecule has 1 aliphatic carbocycles. The van der Waals surface area contributed by atoms with Gasteiger partial charge in [-0.3, -0.25) is 4.79 Å². The van der Waals surface area contributed by atoms with Gasteiger partial charge in [-0.2, -0.15) is 0 Å². The van der Waals surface area contributed by atoms with Crippen molar-refractivity contribution < 1.29 is 9.18 Å². The Morgan fingerprint density at radius 2 is 1.94 bits per heavy atom. The predicted molar refractivity (Wildman–Crippen MR) is 134 cm³/mol. The molecule has 0 atom stereocenters. The van der Waals surface area contributed by atoms with Crippen LogP contribution in [0.2, 0.25) is 0 Å². The number of imidazole rings is 1. The lowest BCUT2D eigenvalue weighted by molar-refractivity contribution is -0.125. The number of carbonyl (C=O) groups is 1. The molecule has 1 aliphatic heterocycles. The molecule has 1 N–H and O–H groups in total. The van der Waals surface area contributed by atoms with Crippen molar-refractivity contribution in [3.05, 3.63) is 71.6 Å². The summed E-state index contributed by atoms with van der Waals surface area (Å²) in [6.45, 7) is 2.88. The van der Waals surface area contributed by atoms with E-state index in [2.05, 4.69) is 26.9 Å². The van der Waals surface area contributed by atoms with Crippen molar-refractivity contribution in [1.82, 2.24) is 14.9 Å². The largest absolute Gasteiger partial charge is 0.356 e. The van der Waals surface area contributed by atoms with Gasteiger partial charge in [-0.1, -0.05) is 35.9 Å². The van der Waals surface area contributed by atoms with Gasteiger partial charge in [0.1, 0.15) is 5.82 Å². The van der Waals surface area contributed by atoms with E-state index in [1.54, 1.807) is 12.1 Å². The van der Waals surface area contributed by atoms with E-state index in [9.17, 15) is 9.18 Å². The van der Waals surface area contributed by atoms with Gasteiger partial charge in [-0.05, 0) is 74.8 Å². The first-order valence-electron chi connectivity index (χ1n) is 12.6. The van der Waals surface area contributed by atoms with Gasteiger partial charge in [0.25, 0.3) is 0 Å². The minimum absolute atomic E-state index is 0.0534. The van der Waals surface area contributed by atoms with Crippen molar-refractivity contribution in [2.75, 3.05) is 24.5 Å². The molecular formula is C28H33FN4O. The Kier molecular flexibility index (Phi) is 6.93. The van der Waals surface area contributed by atoms with E-state index < -0.39 is 0 Å². The van der Waals surface area contributed by atoms with Gasteiger partial charge in [0, 0.05) is 25.6 Å². The molecular weight excluding hydrogens is 427 g/mol. The van der Waals surface area contributed by atoms with E-state index in [-0.39, 0.29) is 17.6 Å². The van der Waals surface area contributed by atoms with Gasteiger partial charge in [-0.25, -0.2) is 9.37 Å². The van der Waals surface area contributed by atoms with Crippen molar-refractivity contribution >= 4 is 22.9 Å². The first-order chi connectivity index (χ1) is 16.7. The first-order valence-corrected chi connectivity index (χ1v) is 12.6. The summed E-state index contributed by atoms with van der Waals surface area (Å²) in [6.07, 6.45) is 9.91. The Morgan fingerprint density at radius 1 is 1.09 bits per heavy atom. The lowest BCUT2D eigenvalue weighted by Crippen LogP contribution is -2.41. The Morgan fingerprint density at radius 3 is 2.74 bits per heavy atom. The predicted octanol–water partition coefficient (Wildman–Crippen LogP) is 5.45. The molecule has 2 aromatic carbocycles. The summed E-state index contributed by atoms with van der Waals surface area (Å²) in [7, 11) is 0. The molecule has 0 unspecified atom stereocenters. The number of carbonyl (C=O) groups excluding carboxylic acids is 1. The Bertz CT molecular complexity index is 1180. The minimum atomic E-state index is -0.227. The van der Waals surface area contributed by atoms with E-state index in [0.29, 0.717) is 6.54 Å². The van der Waals surface area contributed by atoms with Gasteiger partial charge >= 0.3 is 0 Å². The molecule has 1 amide bonds. The molecule has 1 aromatic heterocycles. The molecule has 5 rings (SSSR count). The molecule has 5 nitrogen and oxygen atoms in total. The highest BCUT2D eigenvalue weighted by atomic mass is 19.1. The first kappa shape index (κ1) is 22.6. The topological polar surface area (TPSA) is 50.2 Å². The van der Waals surface area contributed by atoms with Crippen LogP contribution in [0.5, 0.6) is 0 Å². The summed E-state index contributed by atoms with van der Waals surface area (Å²) in [6, 6.07) is 14.8. The minimum Gasteiger partial charge on any atom is -0.356 e. The van der Waals surface area contributed by atoms with Crippen LogP contribution in [-0.2, 0) is 11.3 Å². The number of rotatable bonds is 7. The smallest absolute Gasteiger partial charge is 0.223 e. The molecule has 0 bridgehead atoms. The molecule has 6 heteroatoms. The SMILES string of the molecule is O=C(NCCC1=CCCCC1)C1CCN(c2nc3ccccc3n2Cc2cccc(F)c2)CC1. The zero-order valence-corrected chi connectivity index (χ0v) is 19.7. The maximum absolute atomic E-state index is 13.8. The van der Waals surface area contributed by atoms with Crippen molar-refractivity contribution in [3.63, 3.8) is 0 Å². The highest BCUT2D eigenvalue weighted by Crippen LogP contribution is 2.28.